The maximum Gasteiger partial charge on any atom is 0.235 e. The monoisotopic (exact) mass is 448 g/mol. The molecule has 174 valence electrons. The number of pyridine rings is 1. The zero-order chi connectivity index (χ0) is 23.1. The third kappa shape index (κ3) is 4.11. The molecule has 1 aliphatic heterocycles. The van der Waals surface area contributed by atoms with Gasteiger partial charge in [0, 0.05) is 41.1 Å². The standard InChI is InChI=1S/C26H32N4O3/c1-25(2,13-17-14-28-23-19(17)7-6-12-27-23)29-15-18(31)16-33-21-9-5-8-20-22(21)26(24(32)30-20)10-3-4-11-26/h5-9,12,14,18,29,31H,3-4,10-11,13,15-16H2,1-2H3,(H,27,28)(H,30,32). The summed E-state index contributed by atoms with van der Waals surface area (Å²) in [6.07, 6.45) is 7.73. The fourth-order valence-corrected chi connectivity index (χ4v) is 5.40. The number of carbonyl (C=O) groups is 1. The van der Waals surface area contributed by atoms with Gasteiger partial charge in [-0.05, 0) is 62.9 Å². The smallest absolute Gasteiger partial charge is 0.235 e. The molecule has 2 aromatic heterocycles. The van der Waals surface area contributed by atoms with Gasteiger partial charge in [0.25, 0.3) is 0 Å². The van der Waals surface area contributed by atoms with E-state index in [1.54, 1.807) is 6.20 Å². The van der Waals surface area contributed by atoms with Crippen LogP contribution in [-0.2, 0) is 16.6 Å². The van der Waals surface area contributed by atoms with Crippen molar-refractivity contribution in [1.29, 1.82) is 0 Å². The van der Waals surface area contributed by atoms with Gasteiger partial charge < -0.3 is 25.5 Å². The Morgan fingerprint density at radius 3 is 2.88 bits per heavy atom. The molecule has 0 radical (unpaired) electrons. The maximum absolute atomic E-state index is 12.7. The summed E-state index contributed by atoms with van der Waals surface area (Å²) < 4.78 is 6.08. The van der Waals surface area contributed by atoms with Gasteiger partial charge in [-0.3, -0.25) is 4.79 Å². The lowest BCUT2D eigenvalue weighted by Crippen LogP contribution is -2.46. The van der Waals surface area contributed by atoms with E-state index >= 15 is 0 Å². The highest BCUT2D eigenvalue weighted by Crippen LogP contribution is 2.52. The number of amides is 1. The number of H-pyrrole nitrogens is 1. The second kappa shape index (κ2) is 8.47. The molecule has 7 heteroatoms. The number of β-amino-alcohol motifs (C(OH)–C–C–N with tert-alkyl or cyclic N) is 1. The lowest BCUT2D eigenvalue weighted by atomic mass is 9.79. The highest BCUT2D eigenvalue weighted by atomic mass is 16.5. The molecule has 1 spiro atoms. The molecule has 5 rings (SSSR count). The summed E-state index contributed by atoms with van der Waals surface area (Å²) in [4.78, 5) is 20.3. The molecule has 3 aromatic rings. The Kier molecular flexibility index (Phi) is 5.62. The van der Waals surface area contributed by atoms with Crippen molar-refractivity contribution in [3.05, 3.63) is 53.9 Å². The molecule has 33 heavy (non-hydrogen) atoms. The number of rotatable bonds is 8. The minimum absolute atomic E-state index is 0.0856. The number of hydrogen-bond acceptors (Lipinski definition) is 5. The first-order valence-corrected chi connectivity index (χ1v) is 11.8. The number of nitrogens with zero attached hydrogens (tertiary/aromatic N) is 1. The van der Waals surface area contributed by atoms with Gasteiger partial charge in [0.05, 0.1) is 5.41 Å². The second-order valence-electron chi connectivity index (χ2n) is 10.0. The van der Waals surface area contributed by atoms with E-state index in [-0.39, 0.29) is 18.1 Å². The van der Waals surface area contributed by atoms with E-state index in [0.717, 1.165) is 54.4 Å². The first-order valence-electron chi connectivity index (χ1n) is 11.8. The molecule has 3 heterocycles. The van der Waals surface area contributed by atoms with Crippen LogP contribution in [0.4, 0.5) is 5.69 Å². The van der Waals surface area contributed by atoms with Crippen molar-refractivity contribution in [3.8, 4) is 5.75 Å². The molecule has 0 bridgehead atoms. The Bertz CT molecular complexity index is 1160. The number of benzene rings is 1. The van der Waals surface area contributed by atoms with Crippen molar-refractivity contribution in [1.82, 2.24) is 15.3 Å². The predicted octanol–water partition coefficient (Wildman–Crippen LogP) is 3.68. The van der Waals surface area contributed by atoms with E-state index in [0.29, 0.717) is 12.3 Å². The zero-order valence-electron chi connectivity index (χ0n) is 19.3. The largest absolute Gasteiger partial charge is 0.490 e. The van der Waals surface area contributed by atoms with E-state index in [1.165, 1.54) is 5.56 Å². The van der Waals surface area contributed by atoms with Crippen molar-refractivity contribution in [2.45, 2.75) is 63.0 Å². The Labute approximate surface area is 194 Å². The average Bonchev–Trinajstić information content (AvgIpc) is 3.51. The number of anilines is 1. The Balaban J connectivity index is 1.20. The second-order valence-corrected chi connectivity index (χ2v) is 10.0. The molecule has 1 saturated carbocycles. The van der Waals surface area contributed by atoms with Crippen LogP contribution in [0.5, 0.6) is 5.75 Å². The third-order valence-corrected chi connectivity index (χ3v) is 7.06. The summed E-state index contributed by atoms with van der Waals surface area (Å²) in [5.41, 5.74) is 3.22. The number of fused-ring (bicyclic) bond motifs is 3. The maximum atomic E-state index is 12.7. The van der Waals surface area contributed by atoms with Crippen molar-refractivity contribution < 1.29 is 14.6 Å². The fraction of sp³-hybridized carbons (Fsp3) is 0.462. The van der Waals surface area contributed by atoms with Gasteiger partial charge in [-0.15, -0.1) is 0 Å². The molecule has 2 aliphatic rings. The zero-order valence-corrected chi connectivity index (χ0v) is 19.3. The first kappa shape index (κ1) is 21.9. The number of ether oxygens (including phenoxy) is 1. The first-order chi connectivity index (χ1) is 15.9. The van der Waals surface area contributed by atoms with Crippen LogP contribution in [0.25, 0.3) is 11.0 Å². The SMILES string of the molecule is CC(C)(Cc1c[nH]c2ncccc12)NCC(O)COc1cccc2c1C1(CCCC1)C(=O)N2. The highest BCUT2D eigenvalue weighted by molar-refractivity contribution is 6.07. The van der Waals surface area contributed by atoms with Crippen LogP contribution in [0, 0.1) is 0 Å². The quantitative estimate of drug-likeness (QED) is 0.421. The molecule has 4 N–H and O–H groups in total. The fourth-order valence-electron chi connectivity index (χ4n) is 5.40. The number of nitrogens with one attached hydrogen (secondary N) is 3. The number of aliphatic hydroxyl groups excluding tert-OH is 1. The molecule has 7 nitrogen and oxygen atoms in total. The summed E-state index contributed by atoms with van der Waals surface area (Å²) in [7, 11) is 0. The van der Waals surface area contributed by atoms with Crippen LogP contribution in [-0.4, -0.2) is 45.8 Å². The Morgan fingerprint density at radius 1 is 1.24 bits per heavy atom. The topological polar surface area (TPSA) is 99.3 Å². The molecule has 1 amide bonds. The number of aliphatic hydroxyl groups is 1. The van der Waals surface area contributed by atoms with Crippen LogP contribution in [0.15, 0.2) is 42.7 Å². The van der Waals surface area contributed by atoms with Crippen molar-refractivity contribution >= 4 is 22.6 Å². The molecule has 1 fully saturated rings. The van der Waals surface area contributed by atoms with Gasteiger partial charge in [-0.1, -0.05) is 18.9 Å². The van der Waals surface area contributed by atoms with E-state index < -0.39 is 11.5 Å². The molecule has 1 aliphatic carbocycles. The summed E-state index contributed by atoms with van der Waals surface area (Å²) >= 11 is 0. The van der Waals surface area contributed by atoms with Gasteiger partial charge in [0.1, 0.15) is 24.1 Å². The number of carbonyl (C=O) groups excluding carboxylic acids is 1. The lowest BCUT2D eigenvalue weighted by Gasteiger charge is -2.28. The Hall–Kier alpha value is -2.90. The average molecular weight is 449 g/mol. The summed E-state index contributed by atoms with van der Waals surface area (Å²) in [6, 6.07) is 9.76. The van der Waals surface area contributed by atoms with Crippen molar-refractivity contribution in [2.75, 3.05) is 18.5 Å². The molecule has 0 saturated heterocycles. The van der Waals surface area contributed by atoms with Crippen molar-refractivity contribution in [2.24, 2.45) is 0 Å². The minimum Gasteiger partial charge on any atom is -0.490 e. The molecule has 1 aromatic carbocycles. The van der Waals surface area contributed by atoms with Crippen LogP contribution in [0.2, 0.25) is 0 Å². The Morgan fingerprint density at radius 2 is 2.06 bits per heavy atom. The number of hydrogen-bond donors (Lipinski definition) is 4. The molecular weight excluding hydrogens is 416 g/mol. The van der Waals surface area contributed by atoms with E-state index in [2.05, 4.69) is 40.5 Å². The van der Waals surface area contributed by atoms with Crippen molar-refractivity contribution in [3.63, 3.8) is 0 Å². The van der Waals surface area contributed by atoms with E-state index in [1.807, 2.05) is 30.5 Å². The predicted molar refractivity (Wildman–Crippen MR) is 129 cm³/mol. The normalized spacial score (nSPS) is 18.0. The number of aromatic nitrogens is 2. The highest BCUT2D eigenvalue weighted by Gasteiger charge is 2.50. The van der Waals surface area contributed by atoms with Crippen LogP contribution in [0.1, 0.15) is 50.7 Å². The van der Waals surface area contributed by atoms with Crippen LogP contribution in [0.3, 0.4) is 0 Å². The molecule has 1 unspecified atom stereocenters. The molecular formula is C26H32N4O3. The molecule has 1 atom stereocenters. The van der Waals surface area contributed by atoms with Gasteiger partial charge in [0.15, 0.2) is 0 Å². The van der Waals surface area contributed by atoms with Gasteiger partial charge in [-0.25, -0.2) is 4.98 Å². The third-order valence-electron chi connectivity index (χ3n) is 7.06. The summed E-state index contributed by atoms with van der Waals surface area (Å²) in [5, 5.41) is 18.3. The van der Waals surface area contributed by atoms with Gasteiger partial charge in [0.2, 0.25) is 5.91 Å². The number of aromatic amines is 1. The van der Waals surface area contributed by atoms with Gasteiger partial charge in [-0.2, -0.15) is 0 Å². The lowest BCUT2D eigenvalue weighted by molar-refractivity contribution is -0.120. The van der Waals surface area contributed by atoms with E-state index in [9.17, 15) is 9.90 Å². The van der Waals surface area contributed by atoms with Crippen LogP contribution >= 0.6 is 0 Å². The van der Waals surface area contributed by atoms with E-state index in [4.69, 9.17) is 4.74 Å². The van der Waals surface area contributed by atoms with Crippen LogP contribution < -0.4 is 15.4 Å². The summed E-state index contributed by atoms with van der Waals surface area (Å²) in [6.45, 7) is 4.83. The summed E-state index contributed by atoms with van der Waals surface area (Å²) in [5.74, 6) is 0.792. The van der Waals surface area contributed by atoms with Gasteiger partial charge >= 0.3 is 0 Å². The minimum atomic E-state index is -0.672.